The van der Waals surface area contributed by atoms with Crippen LogP contribution in [0.2, 0.25) is 0 Å². The first-order valence-electron chi connectivity index (χ1n) is 34.0. The molecular formula is C81H135NO9S4. The number of nitrogens with one attached hydrogen (secondary N) is 1. The van der Waals surface area contributed by atoms with Crippen LogP contribution in [0.1, 0.15) is 306 Å². The molecule has 95 heavy (non-hydrogen) atoms. The van der Waals surface area contributed by atoms with E-state index in [-0.39, 0.29) is 112 Å². The van der Waals surface area contributed by atoms with Crippen LogP contribution in [-0.2, 0) is 62.4 Å². The van der Waals surface area contributed by atoms with Crippen molar-refractivity contribution in [2.75, 3.05) is 33.0 Å². The quantitative estimate of drug-likeness (QED) is 0.0216. The molecule has 10 nitrogen and oxygen atoms in total. The minimum Gasteiger partial charge on any atom is -0.507 e. The number of phenols is 2. The van der Waals surface area contributed by atoms with Crippen molar-refractivity contribution in [2.24, 2.45) is 0 Å². The number of aliphatic hydroxyl groups excluding tert-OH is 1. The standard InChI is InChI=1S/C43H69NO7S2.C36H58O2S2.2CH4/c1-17-49-35(46)20-19-34(38(48)50-18-2)44-25-27(45)26-51-37-32(41(9,10)11)23-29(24-33(37)42(12,13)14)53-43(15,16)52-28-21-30(39(3,4)5)36(47)31(22-28)40(6,7)8;1-16-17-18-19-38-31-28(34(8,9)10)22-25(23-29(31)35(11,12)13)40-36(14,15)39-24-20-26(32(2,3)4)30(37)27(21-24)33(5,6)7;;/h21-24,27,34,44-45,47H,17-20,25-26H2,1-16H3;20-23,37H,16-19H2,1-15H3;2*1H4/t27?,34-;;;/m0.../s1. The molecule has 0 bridgehead atoms. The Bertz CT molecular complexity index is 2970. The lowest BCUT2D eigenvalue weighted by atomic mass is 9.79. The van der Waals surface area contributed by atoms with Gasteiger partial charge in [0.05, 0.1) is 28.0 Å². The van der Waals surface area contributed by atoms with Crippen LogP contribution in [0.5, 0.6) is 23.0 Å². The molecule has 0 aliphatic heterocycles. The lowest BCUT2D eigenvalue weighted by Crippen LogP contribution is -2.43. The summed E-state index contributed by atoms with van der Waals surface area (Å²) in [5, 5.41) is 36.7. The summed E-state index contributed by atoms with van der Waals surface area (Å²) in [6.45, 7) is 68.8. The minimum atomic E-state index is -0.930. The van der Waals surface area contributed by atoms with Gasteiger partial charge in [0, 0.05) is 77.1 Å². The summed E-state index contributed by atoms with van der Waals surface area (Å²) in [4.78, 5) is 29.3. The number of rotatable bonds is 25. The summed E-state index contributed by atoms with van der Waals surface area (Å²) in [5.74, 6) is 1.80. The van der Waals surface area contributed by atoms with Gasteiger partial charge in [0.25, 0.3) is 0 Å². The highest BCUT2D eigenvalue weighted by atomic mass is 32.2. The third-order valence-electron chi connectivity index (χ3n) is 15.7. The monoisotopic (exact) mass is 1390 g/mol. The Morgan fingerprint density at radius 2 is 0.716 bits per heavy atom. The Morgan fingerprint density at radius 1 is 0.432 bits per heavy atom. The van der Waals surface area contributed by atoms with Crippen LogP contribution in [0.3, 0.4) is 0 Å². The van der Waals surface area contributed by atoms with Gasteiger partial charge in [-0.05, 0) is 146 Å². The average molecular weight is 1400 g/mol. The van der Waals surface area contributed by atoms with Crippen molar-refractivity contribution in [1.29, 1.82) is 0 Å². The summed E-state index contributed by atoms with van der Waals surface area (Å²) < 4.78 is 22.9. The molecule has 4 rings (SSSR count). The van der Waals surface area contributed by atoms with Gasteiger partial charge in [-0.1, -0.05) is 201 Å². The first-order valence-corrected chi connectivity index (χ1v) is 37.2. The molecule has 0 spiro atoms. The molecule has 0 aliphatic carbocycles. The van der Waals surface area contributed by atoms with E-state index in [1.807, 2.05) is 23.5 Å². The number of benzene rings is 4. The van der Waals surface area contributed by atoms with Crippen molar-refractivity contribution in [3.05, 3.63) is 93.0 Å². The van der Waals surface area contributed by atoms with Crippen molar-refractivity contribution >= 4 is 59.0 Å². The SMILES string of the molecule is C.C.CCCCCOc1c(C(C)(C)C)cc(SC(C)(C)Sc2cc(C(C)(C)C)c(O)c(C(C)(C)C)c2)cc1C(C)(C)C.CCOC(=O)CC[C@H](NCC(O)COc1c(C(C)(C)C)cc(SC(C)(C)Sc2cc(C(C)(C)C)c(O)c(C(C)(C)C)c2)cc1C(C)(C)C)C(=O)OCC. The molecule has 2 atom stereocenters. The first kappa shape index (κ1) is 89.4. The summed E-state index contributed by atoms with van der Waals surface area (Å²) in [6.07, 6.45) is 2.80. The highest BCUT2D eigenvalue weighted by molar-refractivity contribution is 8.18. The predicted molar refractivity (Wildman–Crippen MR) is 415 cm³/mol. The van der Waals surface area contributed by atoms with Gasteiger partial charge in [-0.15, -0.1) is 47.0 Å². The number of phenolic OH excluding ortho intramolecular Hbond substituents is 2. The fraction of sp³-hybridized carbons (Fsp3) is 0.679. The maximum absolute atomic E-state index is 12.6. The molecule has 14 heteroatoms. The minimum absolute atomic E-state index is 0. The Labute approximate surface area is 598 Å². The van der Waals surface area contributed by atoms with Gasteiger partial charge in [-0.25, -0.2) is 0 Å². The molecule has 0 amide bonds. The van der Waals surface area contributed by atoms with E-state index in [0.29, 0.717) is 11.5 Å². The molecular weight excluding hydrogens is 1260 g/mol. The molecule has 0 fully saturated rings. The molecule has 0 radical (unpaired) electrons. The van der Waals surface area contributed by atoms with Crippen LogP contribution in [0, 0.1) is 0 Å². The van der Waals surface area contributed by atoms with Crippen LogP contribution in [0.15, 0.2) is 68.1 Å². The summed E-state index contributed by atoms with van der Waals surface area (Å²) in [7, 11) is 0. The Hall–Kier alpha value is -3.66. The van der Waals surface area contributed by atoms with E-state index >= 15 is 0 Å². The van der Waals surface area contributed by atoms with Gasteiger partial charge in [0.2, 0.25) is 0 Å². The van der Waals surface area contributed by atoms with E-state index in [4.69, 9.17) is 18.9 Å². The van der Waals surface area contributed by atoms with Gasteiger partial charge in [0.1, 0.15) is 41.8 Å². The normalized spacial score (nSPS) is 13.6. The van der Waals surface area contributed by atoms with Crippen molar-refractivity contribution in [1.82, 2.24) is 5.32 Å². The zero-order valence-electron chi connectivity index (χ0n) is 63.8. The summed E-state index contributed by atoms with van der Waals surface area (Å²) in [5.41, 5.74) is 7.26. The van der Waals surface area contributed by atoms with Crippen molar-refractivity contribution in [3.8, 4) is 23.0 Å². The van der Waals surface area contributed by atoms with E-state index in [1.165, 1.54) is 33.8 Å². The number of ether oxygens (including phenoxy) is 4. The molecule has 0 aliphatic rings. The molecule has 4 aromatic rings. The summed E-state index contributed by atoms with van der Waals surface area (Å²) in [6, 6.07) is 17.1. The number of carbonyl (C=O) groups excluding carboxylic acids is 2. The lowest BCUT2D eigenvalue weighted by molar-refractivity contribution is -0.147. The number of hydrogen-bond acceptors (Lipinski definition) is 14. The molecule has 4 aromatic carbocycles. The van der Waals surface area contributed by atoms with Crippen LogP contribution in [0.4, 0.5) is 0 Å². The predicted octanol–water partition coefficient (Wildman–Crippen LogP) is 22.9. The number of hydrogen-bond donors (Lipinski definition) is 4. The second-order valence-corrected chi connectivity index (χ2v) is 41.5. The Balaban J connectivity index is 0.000000965. The number of aliphatic hydroxyl groups is 1. The first-order chi connectivity index (χ1) is 42.1. The molecule has 0 aromatic heterocycles. The van der Waals surface area contributed by atoms with E-state index < -0.39 is 18.1 Å². The summed E-state index contributed by atoms with van der Waals surface area (Å²) >= 11 is 7.40. The number of carbonyl (C=O) groups is 2. The van der Waals surface area contributed by atoms with Crippen LogP contribution in [-0.4, -0.2) is 80.5 Å². The van der Waals surface area contributed by atoms with Gasteiger partial charge >= 0.3 is 11.9 Å². The average Bonchev–Trinajstić information content (AvgIpc) is 0.791. The number of esters is 2. The van der Waals surface area contributed by atoms with Gasteiger partial charge in [-0.2, -0.15) is 0 Å². The number of thioether (sulfide) groups is 4. The van der Waals surface area contributed by atoms with Crippen LogP contribution in [0.25, 0.3) is 0 Å². The topological polar surface area (TPSA) is 144 Å². The van der Waals surface area contributed by atoms with E-state index in [2.05, 4.69) is 255 Å². The third kappa shape index (κ3) is 27.8. The molecule has 542 valence electrons. The fourth-order valence-electron chi connectivity index (χ4n) is 10.7. The molecule has 4 N–H and O–H groups in total. The van der Waals surface area contributed by atoms with E-state index in [9.17, 15) is 24.9 Å². The maximum Gasteiger partial charge on any atom is 0.323 e. The number of aromatic hydroxyl groups is 2. The largest absolute Gasteiger partial charge is 0.507 e. The highest BCUT2D eigenvalue weighted by Crippen LogP contribution is 2.54. The van der Waals surface area contributed by atoms with Crippen LogP contribution >= 0.6 is 47.0 Å². The van der Waals surface area contributed by atoms with Gasteiger partial charge in [-0.3, -0.25) is 9.59 Å². The van der Waals surface area contributed by atoms with Crippen LogP contribution < -0.4 is 14.8 Å². The maximum atomic E-state index is 12.6. The molecule has 0 saturated carbocycles. The zero-order chi connectivity index (χ0) is 71.6. The lowest BCUT2D eigenvalue weighted by Gasteiger charge is -2.33. The smallest absolute Gasteiger partial charge is 0.323 e. The second-order valence-electron chi connectivity index (χ2n) is 34.2. The molecule has 0 saturated heterocycles. The van der Waals surface area contributed by atoms with Crippen molar-refractivity contribution < 1.29 is 43.9 Å². The Morgan fingerprint density at radius 3 is 0.989 bits per heavy atom. The van der Waals surface area contributed by atoms with Gasteiger partial charge < -0.3 is 39.6 Å². The van der Waals surface area contributed by atoms with Gasteiger partial charge in [0.15, 0.2) is 0 Å². The molecule has 0 heterocycles. The third-order valence-corrected chi connectivity index (χ3v) is 20.6. The highest BCUT2D eigenvalue weighted by Gasteiger charge is 2.36. The second kappa shape index (κ2) is 35.1. The number of unbranched alkanes of at least 4 members (excludes halogenated alkanes) is 2. The molecule has 1 unspecified atom stereocenters. The van der Waals surface area contributed by atoms with Crippen molar-refractivity contribution in [2.45, 2.75) is 345 Å². The fourth-order valence-corrected chi connectivity index (χ4v) is 15.9. The van der Waals surface area contributed by atoms with Crippen molar-refractivity contribution in [3.63, 3.8) is 0 Å². The Kier molecular flexibility index (Phi) is 33.0. The zero-order valence-corrected chi connectivity index (χ0v) is 67.0. The van der Waals surface area contributed by atoms with E-state index in [0.717, 1.165) is 67.7 Å². The van der Waals surface area contributed by atoms with E-state index in [1.54, 1.807) is 37.4 Å².